The van der Waals surface area contributed by atoms with Crippen LogP contribution in [0.3, 0.4) is 0 Å². The third-order valence-corrected chi connectivity index (χ3v) is 5.15. The standard InChI is InChI=1S/C18H17N3O2S/c1-23-16-7-3-2-6-13(16)14-9-17(22)20-18-15(14)10-19-21(18)11-12-5-4-8-24-12/h2-8,10,14H,9,11H2,1H3,(H,20,22)/t14-/m0/s1. The minimum absolute atomic E-state index is 0.00587. The highest BCUT2D eigenvalue weighted by atomic mass is 32.1. The number of hydrogen-bond donors (Lipinski definition) is 1. The average molecular weight is 339 g/mol. The van der Waals surface area contributed by atoms with E-state index in [-0.39, 0.29) is 11.8 Å². The normalized spacial score (nSPS) is 16.5. The third-order valence-electron chi connectivity index (χ3n) is 4.29. The highest BCUT2D eigenvalue weighted by Crippen LogP contribution is 2.40. The minimum Gasteiger partial charge on any atom is -0.496 e. The summed E-state index contributed by atoms with van der Waals surface area (Å²) in [5.41, 5.74) is 2.06. The molecular formula is C18H17N3O2S. The highest BCUT2D eigenvalue weighted by molar-refractivity contribution is 7.09. The second kappa shape index (κ2) is 6.13. The lowest BCUT2D eigenvalue weighted by Gasteiger charge is -2.25. The lowest BCUT2D eigenvalue weighted by Crippen LogP contribution is -2.25. The Kier molecular flexibility index (Phi) is 3.82. The first-order valence-electron chi connectivity index (χ1n) is 7.77. The van der Waals surface area contributed by atoms with Gasteiger partial charge in [-0.15, -0.1) is 11.3 Å². The lowest BCUT2D eigenvalue weighted by atomic mass is 9.87. The number of anilines is 1. The first-order valence-corrected chi connectivity index (χ1v) is 8.65. The van der Waals surface area contributed by atoms with Crippen LogP contribution < -0.4 is 10.1 Å². The van der Waals surface area contributed by atoms with Crippen LogP contribution in [0.2, 0.25) is 0 Å². The molecule has 2 aromatic heterocycles. The molecule has 6 heteroatoms. The summed E-state index contributed by atoms with van der Waals surface area (Å²) in [6, 6.07) is 11.9. The second-order valence-electron chi connectivity index (χ2n) is 5.73. The summed E-state index contributed by atoms with van der Waals surface area (Å²) >= 11 is 1.68. The molecular weight excluding hydrogens is 322 g/mol. The SMILES string of the molecule is COc1ccccc1[C@@H]1CC(=O)Nc2c1cnn2Cc1cccs1. The smallest absolute Gasteiger partial charge is 0.226 e. The van der Waals surface area contributed by atoms with Gasteiger partial charge in [0.05, 0.1) is 19.9 Å². The van der Waals surface area contributed by atoms with Gasteiger partial charge in [0.15, 0.2) is 0 Å². The van der Waals surface area contributed by atoms with Crippen LogP contribution in [-0.2, 0) is 11.3 Å². The number of benzene rings is 1. The fourth-order valence-electron chi connectivity index (χ4n) is 3.17. The number of rotatable bonds is 4. The average Bonchev–Trinajstić information content (AvgIpc) is 3.25. The van der Waals surface area contributed by atoms with Gasteiger partial charge in [-0.2, -0.15) is 5.10 Å². The van der Waals surface area contributed by atoms with E-state index in [0.717, 1.165) is 22.7 Å². The van der Waals surface area contributed by atoms with Crippen molar-refractivity contribution < 1.29 is 9.53 Å². The molecule has 5 nitrogen and oxygen atoms in total. The van der Waals surface area contributed by atoms with Gasteiger partial charge in [0, 0.05) is 28.3 Å². The predicted molar refractivity (Wildman–Crippen MR) is 93.7 cm³/mol. The molecule has 1 atom stereocenters. The Morgan fingerprint density at radius 3 is 2.96 bits per heavy atom. The number of ether oxygens (including phenoxy) is 1. The Morgan fingerprint density at radius 1 is 1.29 bits per heavy atom. The number of fused-ring (bicyclic) bond motifs is 1. The van der Waals surface area contributed by atoms with Crippen molar-refractivity contribution in [3.63, 3.8) is 0 Å². The molecule has 0 spiro atoms. The topological polar surface area (TPSA) is 56.1 Å². The molecule has 3 heterocycles. The van der Waals surface area contributed by atoms with E-state index in [1.807, 2.05) is 46.6 Å². The number of aromatic nitrogens is 2. The summed E-state index contributed by atoms with van der Waals surface area (Å²) in [6.07, 6.45) is 2.26. The maximum atomic E-state index is 12.3. The maximum Gasteiger partial charge on any atom is 0.226 e. The van der Waals surface area contributed by atoms with Crippen LogP contribution in [0.5, 0.6) is 5.75 Å². The summed E-state index contributed by atoms with van der Waals surface area (Å²) in [7, 11) is 1.66. The van der Waals surface area contributed by atoms with Crippen LogP contribution in [0.25, 0.3) is 0 Å². The zero-order valence-electron chi connectivity index (χ0n) is 13.2. The highest BCUT2D eigenvalue weighted by Gasteiger charge is 2.31. The number of nitrogens with one attached hydrogen (secondary N) is 1. The molecule has 0 saturated heterocycles. The molecule has 0 bridgehead atoms. The van der Waals surface area contributed by atoms with Crippen molar-refractivity contribution in [3.8, 4) is 5.75 Å². The van der Waals surface area contributed by atoms with E-state index in [9.17, 15) is 4.79 Å². The van der Waals surface area contributed by atoms with Crippen LogP contribution in [0.15, 0.2) is 48.0 Å². The molecule has 1 aliphatic heterocycles. The fraction of sp³-hybridized carbons (Fsp3) is 0.222. The van der Waals surface area contributed by atoms with E-state index in [1.165, 1.54) is 4.88 Å². The summed E-state index contributed by atoms with van der Waals surface area (Å²) in [5.74, 6) is 1.55. The molecule has 0 unspecified atom stereocenters. The Labute approximate surface area is 143 Å². The predicted octanol–water partition coefficient (Wildman–Crippen LogP) is 3.48. The van der Waals surface area contributed by atoms with E-state index < -0.39 is 0 Å². The van der Waals surface area contributed by atoms with Crippen molar-refractivity contribution in [2.24, 2.45) is 0 Å². The molecule has 0 fully saturated rings. The van der Waals surface area contributed by atoms with Gasteiger partial charge in [0.2, 0.25) is 5.91 Å². The van der Waals surface area contributed by atoms with Crippen LogP contribution >= 0.6 is 11.3 Å². The van der Waals surface area contributed by atoms with Gasteiger partial charge in [0.1, 0.15) is 11.6 Å². The van der Waals surface area contributed by atoms with Crippen molar-refractivity contribution in [3.05, 3.63) is 64.0 Å². The van der Waals surface area contributed by atoms with Crippen molar-refractivity contribution in [1.82, 2.24) is 9.78 Å². The van der Waals surface area contributed by atoms with Crippen molar-refractivity contribution >= 4 is 23.1 Å². The van der Waals surface area contributed by atoms with Crippen LogP contribution in [0, 0.1) is 0 Å². The number of thiophene rings is 1. The van der Waals surface area contributed by atoms with E-state index in [1.54, 1.807) is 18.4 Å². The third kappa shape index (κ3) is 2.59. The van der Waals surface area contributed by atoms with Gasteiger partial charge >= 0.3 is 0 Å². The minimum atomic E-state index is -0.0398. The number of hydrogen-bond acceptors (Lipinski definition) is 4. The van der Waals surface area contributed by atoms with Crippen LogP contribution in [0.4, 0.5) is 5.82 Å². The second-order valence-corrected chi connectivity index (χ2v) is 6.76. The van der Waals surface area contributed by atoms with Gasteiger partial charge in [-0.3, -0.25) is 4.79 Å². The number of carbonyl (C=O) groups excluding carboxylic acids is 1. The summed E-state index contributed by atoms with van der Waals surface area (Å²) in [4.78, 5) is 13.5. The monoisotopic (exact) mass is 339 g/mol. The Bertz CT molecular complexity index is 870. The molecule has 1 aromatic carbocycles. The van der Waals surface area contributed by atoms with Crippen LogP contribution in [0.1, 0.15) is 28.3 Å². The first kappa shape index (κ1) is 15.0. The van der Waals surface area contributed by atoms with Gasteiger partial charge < -0.3 is 10.1 Å². The van der Waals surface area contributed by atoms with Gasteiger partial charge in [0.25, 0.3) is 0 Å². The molecule has 24 heavy (non-hydrogen) atoms. The fourth-order valence-corrected chi connectivity index (χ4v) is 3.86. The van der Waals surface area contributed by atoms with Crippen LogP contribution in [-0.4, -0.2) is 22.8 Å². The van der Waals surface area contributed by atoms with E-state index in [0.29, 0.717) is 13.0 Å². The molecule has 4 rings (SSSR count). The summed E-state index contributed by atoms with van der Waals surface area (Å²) in [5, 5.41) is 9.53. The molecule has 1 amide bonds. The van der Waals surface area contributed by atoms with Gasteiger partial charge in [-0.1, -0.05) is 24.3 Å². The van der Waals surface area contributed by atoms with Gasteiger partial charge in [-0.25, -0.2) is 4.68 Å². The molecule has 3 aromatic rings. The number of carbonyl (C=O) groups is 1. The number of nitrogens with zero attached hydrogens (tertiary/aromatic N) is 2. The van der Waals surface area contributed by atoms with Gasteiger partial charge in [-0.05, 0) is 17.5 Å². The molecule has 0 aliphatic carbocycles. The Morgan fingerprint density at radius 2 is 2.17 bits per heavy atom. The summed E-state index contributed by atoms with van der Waals surface area (Å²) < 4.78 is 7.35. The van der Waals surface area contributed by atoms with Crippen molar-refractivity contribution in [1.29, 1.82) is 0 Å². The van der Waals surface area contributed by atoms with E-state index in [4.69, 9.17) is 4.74 Å². The number of methoxy groups -OCH3 is 1. The number of amides is 1. The van der Waals surface area contributed by atoms with E-state index in [2.05, 4.69) is 16.5 Å². The quantitative estimate of drug-likeness (QED) is 0.792. The molecule has 1 N–H and O–H groups in total. The first-order chi connectivity index (χ1) is 11.8. The van der Waals surface area contributed by atoms with Crippen molar-refractivity contribution in [2.75, 3.05) is 12.4 Å². The lowest BCUT2D eigenvalue weighted by molar-refractivity contribution is -0.116. The Balaban J connectivity index is 1.75. The zero-order chi connectivity index (χ0) is 16.5. The molecule has 122 valence electrons. The zero-order valence-corrected chi connectivity index (χ0v) is 14.0. The van der Waals surface area contributed by atoms with Crippen molar-refractivity contribution in [2.45, 2.75) is 18.9 Å². The largest absolute Gasteiger partial charge is 0.496 e. The molecule has 0 radical (unpaired) electrons. The maximum absolute atomic E-state index is 12.3. The number of para-hydroxylation sites is 1. The van der Waals surface area contributed by atoms with E-state index >= 15 is 0 Å². The Hall–Kier alpha value is -2.60. The molecule has 1 aliphatic rings. The molecule has 0 saturated carbocycles. The summed E-state index contributed by atoms with van der Waals surface area (Å²) in [6.45, 7) is 0.659.